The lowest BCUT2D eigenvalue weighted by Crippen LogP contribution is -2.28. The summed E-state index contributed by atoms with van der Waals surface area (Å²) in [5.41, 5.74) is 4.16. The molecule has 1 N–H and O–H groups in total. The molecule has 32 heavy (non-hydrogen) atoms. The lowest BCUT2D eigenvalue weighted by molar-refractivity contribution is -0.123. The third-order valence-corrected chi connectivity index (χ3v) is 5.66. The third kappa shape index (κ3) is 5.53. The third-order valence-electron chi connectivity index (χ3n) is 4.77. The molecule has 0 atom stereocenters. The van der Waals surface area contributed by atoms with Gasteiger partial charge in [-0.25, -0.2) is 4.98 Å². The van der Waals surface area contributed by atoms with Crippen molar-refractivity contribution in [3.63, 3.8) is 0 Å². The van der Waals surface area contributed by atoms with Gasteiger partial charge in [-0.3, -0.25) is 4.79 Å². The first kappa shape index (κ1) is 21.6. The van der Waals surface area contributed by atoms with Crippen molar-refractivity contribution in [3.05, 3.63) is 89.8 Å². The van der Waals surface area contributed by atoms with Crippen molar-refractivity contribution in [2.45, 2.75) is 13.5 Å². The highest BCUT2D eigenvalue weighted by Crippen LogP contribution is 2.29. The standard InChI is InChI=1S/C26H24N2O3S/c1-2-30-23-10-6-7-11-24(23)31-17-25(29)27-16-19-12-14-21(15-13-19)26-28-22(18-32-26)20-8-4-3-5-9-20/h3-15,18H,2,16-17H2,1H3,(H,27,29). The highest BCUT2D eigenvalue weighted by Gasteiger charge is 2.09. The molecule has 0 bridgehead atoms. The van der Waals surface area contributed by atoms with E-state index in [0.29, 0.717) is 24.7 Å². The second kappa shape index (κ2) is 10.6. The predicted octanol–water partition coefficient (Wildman–Crippen LogP) is 5.57. The molecule has 3 aromatic carbocycles. The first-order valence-electron chi connectivity index (χ1n) is 10.4. The van der Waals surface area contributed by atoms with Gasteiger partial charge in [0.2, 0.25) is 0 Å². The summed E-state index contributed by atoms with van der Waals surface area (Å²) in [7, 11) is 0. The van der Waals surface area contributed by atoms with Crippen molar-refractivity contribution in [1.29, 1.82) is 0 Å². The Hall–Kier alpha value is -3.64. The molecule has 0 aliphatic rings. The number of hydrogen-bond donors (Lipinski definition) is 1. The van der Waals surface area contributed by atoms with Crippen molar-refractivity contribution in [1.82, 2.24) is 10.3 Å². The summed E-state index contributed by atoms with van der Waals surface area (Å²) in [5.74, 6) is 1.01. The summed E-state index contributed by atoms with van der Waals surface area (Å²) in [6.45, 7) is 2.81. The van der Waals surface area contributed by atoms with Gasteiger partial charge in [-0.2, -0.15) is 0 Å². The van der Waals surface area contributed by atoms with E-state index in [9.17, 15) is 4.79 Å². The number of rotatable bonds is 9. The molecule has 0 saturated heterocycles. The normalized spacial score (nSPS) is 10.5. The summed E-state index contributed by atoms with van der Waals surface area (Å²) in [6.07, 6.45) is 0. The molecule has 1 amide bonds. The maximum absolute atomic E-state index is 12.2. The summed E-state index contributed by atoms with van der Waals surface area (Å²) in [4.78, 5) is 16.9. The zero-order valence-electron chi connectivity index (χ0n) is 17.8. The second-order valence-electron chi connectivity index (χ2n) is 7.05. The molecule has 1 heterocycles. The Balaban J connectivity index is 1.30. The van der Waals surface area contributed by atoms with E-state index in [2.05, 4.69) is 22.8 Å². The number of nitrogens with one attached hydrogen (secondary N) is 1. The molecular weight excluding hydrogens is 420 g/mol. The molecule has 0 fully saturated rings. The maximum atomic E-state index is 12.2. The van der Waals surface area contributed by atoms with Gasteiger partial charge in [0.15, 0.2) is 18.1 Å². The Labute approximate surface area is 191 Å². The zero-order chi connectivity index (χ0) is 22.2. The van der Waals surface area contributed by atoms with Crippen LogP contribution in [-0.2, 0) is 11.3 Å². The number of carbonyl (C=O) groups is 1. The van der Waals surface area contributed by atoms with Gasteiger partial charge in [-0.15, -0.1) is 11.3 Å². The molecule has 0 aliphatic carbocycles. The number of nitrogens with zero attached hydrogens (tertiary/aromatic N) is 1. The minimum Gasteiger partial charge on any atom is -0.490 e. The number of carbonyl (C=O) groups excluding carboxylic acids is 1. The van der Waals surface area contributed by atoms with Crippen LogP contribution < -0.4 is 14.8 Å². The first-order valence-corrected chi connectivity index (χ1v) is 11.3. The van der Waals surface area contributed by atoms with Gasteiger partial charge in [0.05, 0.1) is 12.3 Å². The van der Waals surface area contributed by atoms with E-state index in [-0.39, 0.29) is 12.5 Å². The molecule has 5 nitrogen and oxygen atoms in total. The van der Waals surface area contributed by atoms with Crippen LogP contribution in [0.1, 0.15) is 12.5 Å². The Bertz CT molecular complexity index is 1160. The van der Waals surface area contributed by atoms with Crippen molar-refractivity contribution in [3.8, 4) is 33.3 Å². The number of amides is 1. The number of thiazole rings is 1. The van der Waals surface area contributed by atoms with Gasteiger partial charge in [-0.05, 0) is 24.6 Å². The van der Waals surface area contributed by atoms with E-state index < -0.39 is 0 Å². The fourth-order valence-corrected chi connectivity index (χ4v) is 3.99. The van der Waals surface area contributed by atoms with E-state index >= 15 is 0 Å². The Morgan fingerprint density at radius 1 is 0.875 bits per heavy atom. The Kier molecular flexibility index (Phi) is 7.15. The van der Waals surface area contributed by atoms with Crippen LogP contribution in [0.25, 0.3) is 21.8 Å². The molecule has 1 aromatic heterocycles. The minimum atomic E-state index is -0.187. The van der Waals surface area contributed by atoms with Crippen LogP contribution in [0.2, 0.25) is 0 Å². The van der Waals surface area contributed by atoms with E-state index in [1.54, 1.807) is 17.4 Å². The van der Waals surface area contributed by atoms with E-state index in [0.717, 1.165) is 27.4 Å². The van der Waals surface area contributed by atoms with Gasteiger partial charge >= 0.3 is 0 Å². The average Bonchev–Trinajstić information content (AvgIpc) is 3.34. The number of aromatic nitrogens is 1. The van der Waals surface area contributed by atoms with Crippen LogP contribution >= 0.6 is 11.3 Å². The summed E-state index contributed by atoms with van der Waals surface area (Å²) >= 11 is 1.62. The van der Waals surface area contributed by atoms with Gasteiger partial charge in [0, 0.05) is 23.1 Å². The smallest absolute Gasteiger partial charge is 0.258 e. The molecule has 6 heteroatoms. The van der Waals surface area contributed by atoms with Gasteiger partial charge in [0.1, 0.15) is 5.01 Å². The molecule has 0 spiro atoms. The number of para-hydroxylation sites is 2. The monoisotopic (exact) mass is 444 g/mol. The van der Waals surface area contributed by atoms with Crippen molar-refractivity contribution >= 4 is 17.2 Å². The van der Waals surface area contributed by atoms with Gasteiger partial charge in [-0.1, -0.05) is 66.7 Å². The SMILES string of the molecule is CCOc1ccccc1OCC(=O)NCc1ccc(-c2nc(-c3ccccc3)cs2)cc1. The van der Waals surface area contributed by atoms with Crippen molar-refractivity contribution in [2.24, 2.45) is 0 Å². The van der Waals surface area contributed by atoms with Gasteiger partial charge in [0.25, 0.3) is 5.91 Å². The Morgan fingerprint density at radius 3 is 2.28 bits per heavy atom. The molecule has 0 radical (unpaired) electrons. The van der Waals surface area contributed by atoms with Crippen molar-refractivity contribution < 1.29 is 14.3 Å². The topological polar surface area (TPSA) is 60.5 Å². The molecule has 0 aliphatic heterocycles. The van der Waals surface area contributed by atoms with Crippen LogP contribution in [0.3, 0.4) is 0 Å². The molecule has 162 valence electrons. The molecule has 4 aromatic rings. The highest BCUT2D eigenvalue weighted by molar-refractivity contribution is 7.13. The molecular formula is C26H24N2O3S. The average molecular weight is 445 g/mol. The predicted molar refractivity (Wildman–Crippen MR) is 128 cm³/mol. The lowest BCUT2D eigenvalue weighted by Gasteiger charge is -2.11. The fraction of sp³-hybridized carbons (Fsp3) is 0.154. The van der Waals surface area contributed by atoms with Crippen molar-refractivity contribution in [2.75, 3.05) is 13.2 Å². The number of hydrogen-bond acceptors (Lipinski definition) is 5. The summed E-state index contributed by atoms with van der Waals surface area (Å²) in [5, 5.41) is 5.93. The summed E-state index contributed by atoms with van der Waals surface area (Å²) < 4.78 is 11.1. The second-order valence-corrected chi connectivity index (χ2v) is 7.90. The summed E-state index contributed by atoms with van der Waals surface area (Å²) in [6, 6.07) is 25.6. The van der Waals surface area contributed by atoms with Crippen LogP contribution in [0, 0.1) is 0 Å². The highest BCUT2D eigenvalue weighted by atomic mass is 32.1. The zero-order valence-corrected chi connectivity index (χ0v) is 18.6. The Morgan fingerprint density at radius 2 is 1.56 bits per heavy atom. The quantitative estimate of drug-likeness (QED) is 0.367. The van der Waals surface area contributed by atoms with Crippen LogP contribution in [-0.4, -0.2) is 24.1 Å². The van der Waals surface area contributed by atoms with Crippen LogP contribution in [0.5, 0.6) is 11.5 Å². The minimum absolute atomic E-state index is 0.0659. The van der Waals surface area contributed by atoms with Crippen LogP contribution in [0.15, 0.2) is 84.2 Å². The van der Waals surface area contributed by atoms with E-state index in [1.807, 2.05) is 67.6 Å². The van der Waals surface area contributed by atoms with E-state index in [1.165, 1.54) is 0 Å². The molecule has 4 rings (SSSR count). The fourth-order valence-electron chi connectivity index (χ4n) is 3.15. The largest absolute Gasteiger partial charge is 0.490 e. The molecule has 0 saturated carbocycles. The molecule has 0 unspecified atom stereocenters. The van der Waals surface area contributed by atoms with Crippen LogP contribution in [0.4, 0.5) is 0 Å². The number of benzene rings is 3. The maximum Gasteiger partial charge on any atom is 0.258 e. The van der Waals surface area contributed by atoms with E-state index in [4.69, 9.17) is 14.5 Å². The van der Waals surface area contributed by atoms with Gasteiger partial charge < -0.3 is 14.8 Å². The first-order chi connectivity index (χ1) is 15.7. The number of ether oxygens (including phenoxy) is 2. The lowest BCUT2D eigenvalue weighted by atomic mass is 10.1.